The van der Waals surface area contributed by atoms with E-state index in [1.807, 2.05) is 50.5 Å². The minimum Gasteiger partial charge on any atom is -0.497 e. The number of pyridine rings is 2. The maximum Gasteiger partial charge on any atom is 0.228 e. The number of aromatic nitrogens is 5. The van der Waals surface area contributed by atoms with Gasteiger partial charge in [-0.05, 0) is 48.1 Å². The van der Waals surface area contributed by atoms with Crippen molar-refractivity contribution < 1.29 is 9.53 Å². The zero-order valence-electron chi connectivity index (χ0n) is 19.2. The molecule has 0 aliphatic heterocycles. The first-order chi connectivity index (χ1) is 16.6. The van der Waals surface area contributed by atoms with Gasteiger partial charge >= 0.3 is 0 Å². The summed E-state index contributed by atoms with van der Waals surface area (Å²) in [4.78, 5) is 25.5. The summed E-state index contributed by atoms with van der Waals surface area (Å²) in [6.07, 6.45) is 11.0. The van der Waals surface area contributed by atoms with Gasteiger partial charge in [-0.15, -0.1) is 0 Å². The number of rotatable bonds is 7. The van der Waals surface area contributed by atoms with Crippen LogP contribution in [-0.4, -0.2) is 44.8 Å². The molecule has 0 spiro atoms. The molecule has 1 aromatic carbocycles. The normalized spacial score (nSPS) is 13.4. The van der Waals surface area contributed by atoms with Gasteiger partial charge in [-0.3, -0.25) is 4.79 Å². The summed E-state index contributed by atoms with van der Waals surface area (Å²) in [5.74, 6) is 2.88. The number of methoxy groups -OCH3 is 1. The van der Waals surface area contributed by atoms with E-state index in [0.717, 1.165) is 57.7 Å². The van der Waals surface area contributed by atoms with Gasteiger partial charge in [0, 0.05) is 48.9 Å². The number of hydrogen-bond acceptors (Lipinski definition) is 7. The Hall–Kier alpha value is -4.27. The molecule has 9 nitrogen and oxygen atoms in total. The molecule has 172 valence electrons. The highest BCUT2D eigenvalue weighted by Gasteiger charge is 2.29. The van der Waals surface area contributed by atoms with Crippen LogP contribution in [-0.2, 0) is 11.8 Å². The van der Waals surface area contributed by atoms with E-state index in [4.69, 9.17) is 4.74 Å². The molecule has 2 N–H and O–H groups in total. The molecule has 3 aromatic heterocycles. The molecule has 1 amide bonds. The summed E-state index contributed by atoms with van der Waals surface area (Å²) < 4.78 is 7.23. The van der Waals surface area contributed by atoms with E-state index in [1.54, 1.807) is 24.2 Å². The van der Waals surface area contributed by atoms with Crippen LogP contribution < -0.4 is 15.4 Å². The molecule has 0 saturated heterocycles. The third-order valence-corrected chi connectivity index (χ3v) is 5.83. The van der Waals surface area contributed by atoms with Gasteiger partial charge in [0.05, 0.1) is 7.11 Å². The smallest absolute Gasteiger partial charge is 0.228 e. The summed E-state index contributed by atoms with van der Waals surface area (Å²) in [5, 5.41) is 12.0. The molecule has 1 saturated carbocycles. The minimum atomic E-state index is 0.0273. The minimum absolute atomic E-state index is 0.0273. The number of hydrogen-bond donors (Lipinski definition) is 2. The molecule has 0 atom stereocenters. The highest BCUT2D eigenvalue weighted by atomic mass is 16.5. The zero-order chi connectivity index (χ0) is 23.7. The number of benzene rings is 1. The maximum absolute atomic E-state index is 12.2. The van der Waals surface area contributed by atoms with Gasteiger partial charge in [0.1, 0.15) is 23.7 Å². The van der Waals surface area contributed by atoms with Crippen molar-refractivity contribution in [2.75, 3.05) is 24.8 Å². The SMILES string of the molecule is CNc1ncc(/C=C/c2cc(OC)cc(-c3ncnn3C)c2)c2cc(NC(=O)C3CC3)ncc12. The Labute approximate surface area is 196 Å². The van der Waals surface area contributed by atoms with Crippen molar-refractivity contribution in [3.63, 3.8) is 0 Å². The average Bonchev–Trinajstić information content (AvgIpc) is 3.62. The van der Waals surface area contributed by atoms with Crippen LogP contribution in [0.3, 0.4) is 0 Å². The number of amides is 1. The number of fused-ring (bicyclic) bond motifs is 1. The number of carbonyl (C=O) groups is 1. The number of nitrogens with one attached hydrogen (secondary N) is 2. The fourth-order valence-electron chi connectivity index (χ4n) is 3.84. The third-order valence-electron chi connectivity index (χ3n) is 5.83. The second-order valence-corrected chi connectivity index (χ2v) is 8.23. The van der Waals surface area contributed by atoms with Gasteiger partial charge in [-0.25, -0.2) is 19.6 Å². The Kier molecular flexibility index (Phi) is 5.67. The predicted octanol–water partition coefficient (Wildman–Crippen LogP) is 3.99. The lowest BCUT2D eigenvalue weighted by molar-refractivity contribution is -0.117. The van der Waals surface area contributed by atoms with Crippen molar-refractivity contribution in [1.82, 2.24) is 24.7 Å². The molecule has 34 heavy (non-hydrogen) atoms. The number of nitrogens with zero attached hydrogens (tertiary/aromatic N) is 5. The Morgan fingerprint density at radius 1 is 1.09 bits per heavy atom. The van der Waals surface area contributed by atoms with Gasteiger partial charge in [0.25, 0.3) is 0 Å². The van der Waals surface area contributed by atoms with Crippen molar-refractivity contribution in [2.45, 2.75) is 12.8 Å². The Balaban J connectivity index is 1.53. The van der Waals surface area contributed by atoms with E-state index >= 15 is 0 Å². The van der Waals surface area contributed by atoms with Crippen LogP contribution in [0.2, 0.25) is 0 Å². The lowest BCUT2D eigenvalue weighted by Crippen LogP contribution is -2.14. The molecule has 4 aromatic rings. The second kappa shape index (κ2) is 8.93. The molecule has 1 aliphatic carbocycles. The van der Waals surface area contributed by atoms with Gasteiger partial charge in [0.2, 0.25) is 5.91 Å². The molecule has 0 radical (unpaired) electrons. The summed E-state index contributed by atoms with van der Waals surface area (Å²) >= 11 is 0. The van der Waals surface area contributed by atoms with Crippen LogP contribution in [0.5, 0.6) is 5.75 Å². The van der Waals surface area contributed by atoms with Crippen molar-refractivity contribution in [1.29, 1.82) is 0 Å². The lowest BCUT2D eigenvalue weighted by atomic mass is 10.1. The van der Waals surface area contributed by atoms with Crippen molar-refractivity contribution in [2.24, 2.45) is 13.0 Å². The number of anilines is 2. The summed E-state index contributed by atoms with van der Waals surface area (Å²) in [7, 11) is 5.32. The molecule has 0 unspecified atom stereocenters. The Morgan fingerprint density at radius 3 is 2.65 bits per heavy atom. The molecule has 5 rings (SSSR count). The monoisotopic (exact) mass is 455 g/mol. The number of aryl methyl sites for hydroxylation is 1. The summed E-state index contributed by atoms with van der Waals surface area (Å²) in [6, 6.07) is 7.81. The van der Waals surface area contributed by atoms with Crippen LogP contribution in [0.25, 0.3) is 34.3 Å². The first-order valence-corrected chi connectivity index (χ1v) is 11.0. The standard InChI is InChI=1S/C25H25N7O2/c1-26-23-21-13-27-22(31-25(33)16-6-7-16)11-20(21)17(12-28-23)5-4-15-8-18(10-19(9-15)34-3)24-29-14-30-32(24)2/h4-5,8-14,16H,6-7H2,1-3H3,(H,26,28)(H,27,31,33)/b5-4+. The van der Waals surface area contributed by atoms with Crippen LogP contribution in [0.1, 0.15) is 24.0 Å². The average molecular weight is 456 g/mol. The van der Waals surface area contributed by atoms with Crippen molar-refractivity contribution >= 4 is 40.5 Å². The van der Waals surface area contributed by atoms with Crippen LogP contribution >= 0.6 is 0 Å². The van der Waals surface area contributed by atoms with Gasteiger partial charge in [-0.1, -0.05) is 12.2 Å². The van der Waals surface area contributed by atoms with E-state index < -0.39 is 0 Å². The van der Waals surface area contributed by atoms with Crippen LogP contribution in [0.4, 0.5) is 11.6 Å². The molecule has 0 bridgehead atoms. The van der Waals surface area contributed by atoms with E-state index in [9.17, 15) is 4.79 Å². The number of carbonyl (C=O) groups excluding carboxylic acids is 1. The summed E-state index contributed by atoms with van der Waals surface area (Å²) in [6.45, 7) is 0. The van der Waals surface area contributed by atoms with Crippen LogP contribution in [0.15, 0.2) is 43.0 Å². The molecular formula is C25H25N7O2. The highest BCUT2D eigenvalue weighted by Crippen LogP contribution is 2.32. The van der Waals surface area contributed by atoms with Crippen LogP contribution in [0, 0.1) is 5.92 Å². The first kappa shape index (κ1) is 21.6. The van der Waals surface area contributed by atoms with E-state index in [2.05, 4.69) is 30.7 Å². The first-order valence-electron chi connectivity index (χ1n) is 11.0. The fraction of sp³-hybridized carbons (Fsp3) is 0.240. The highest BCUT2D eigenvalue weighted by molar-refractivity contribution is 6.01. The van der Waals surface area contributed by atoms with Gasteiger partial charge < -0.3 is 15.4 Å². The van der Waals surface area contributed by atoms with E-state index in [0.29, 0.717) is 5.82 Å². The fourth-order valence-corrected chi connectivity index (χ4v) is 3.84. The third kappa shape index (κ3) is 4.32. The lowest BCUT2D eigenvalue weighted by Gasteiger charge is -2.10. The largest absolute Gasteiger partial charge is 0.497 e. The Bertz CT molecular complexity index is 1410. The predicted molar refractivity (Wildman–Crippen MR) is 132 cm³/mol. The molecule has 1 fully saturated rings. The van der Waals surface area contributed by atoms with Gasteiger partial charge in [0.15, 0.2) is 5.82 Å². The molecular weight excluding hydrogens is 430 g/mol. The molecule has 9 heteroatoms. The van der Waals surface area contributed by atoms with Crippen molar-refractivity contribution in [3.05, 3.63) is 54.1 Å². The quantitative estimate of drug-likeness (QED) is 0.434. The van der Waals surface area contributed by atoms with E-state index in [-0.39, 0.29) is 11.8 Å². The molecule has 3 heterocycles. The summed E-state index contributed by atoms with van der Waals surface area (Å²) in [5.41, 5.74) is 2.75. The number of ether oxygens (including phenoxy) is 1. The molecule has 1 aliphatic rings. The Morgan fingerprint density at radius 2 is 1.94 bits per heavy atom. The van der Waals surface area contributed by atoms with Crippen molar-refractivity contribution in [3.8, 4) is 17.1 Å². The topological polar surface area (TPSA) is 107 Å². The van der Waals surface area contributed by atoms with E-state index in [1.165, 1.54) is 6.33 Å². The second-order valence-electron chi connectivity index (χ2n) is 8.23. The zero-order valence-corrected chi connectivity index (χ0v) is 19.2. The maximum atomic E-state index is 12.2. The van der Waals surface area contributed by atoms with Gasteiger partial charge in [-0.2, -0.15) is 5.10 Å².